The molecule has 23 heavy (non-hydrogen) atoms. The summed E-state index contributed by atoms with van der Waals surface area (Å²) < 4.78 is 27.4. The van der Waals surface area contributed by atoms with Crippen LogP contribution in [0.15, 0.2) is 82.6 Å². The van der Waals surface area contributed by atoms with E-state index in [2.05, 4.69) is 0 Å². The van der Waals surface area contributed by atoms with Gasteiger partial charge in [0.2, 0.25) is 0 Å². The maximum absolute atomic E-state index is 12.9. The molecule has 5 heteroatoms. The molecular formula is C18H12BiClO2S. The molecule has 0 fully saturated rings. The zero-order valence-electron chi connectivity index (χ0n) is 12.0. The van der Waals surface area contributed by atoms with Gasteiger partial charge in [0.15, 0.2) is 0 Å². The molecule has 3 aromatic rings. The molecule has 0 radical (unpaired) electrons. The Kier molecular flexibility index (Phi) is 3.79. The first-order valence-electron chi connectivity index (χ1n) is 7.08. The summed E-state index contributed by atoms with van der Waals surface area (Å²) in [5.41, 5.74) is 2.08. The van der Waals surface area contributed by atoms with E-state index >= 15 is 0 Å². The Morgan fingerprint density at radius 3 is 2.13 bits per heavy atom. The fourth-order valence-corrected chi connectivity index (χ4v) is 16.9. The molecule has 0 aromatic heterocycles. The summed E-state index contributed by atoms with van der Waals surface area (Å²) in [6.07, 6.45) is 0. The van der Waals surface area contributed by atoms with E-state index < -0.39 is 30.4 Å². The molecule has 0 aliphatic carbocycles. The number of fused-ring (bicyclic) bond motifs is 2. The number of benzene rings is 3. The van der Waals surface area contributed by atoms with Crippen molar-refractivity contribution in [1.29, 1.82) is 0 Å². The van der Waals surface area contributed by atoms with Crippen LogP contribution >= 0.6 is 8.51 Å². The molecule has 0 bridgehead atoms. The van der Waals surface area contributed by atoms with Gasteiger partial charge in [-0.15, -0.1) is 0 Å². The first-order valence-corrected chi connectivity index (χ1v) is 16.3. The Morgan fingerprint density at radius 1 is 0.696 bits per heavy atom. The summed E-state index contributed by atoms with van der Waals surface area (Å²) in [7, 11) is 3.34. The van der Waals surface area contributed by atoms with Crippen LogP contribution in [0, 0.1) is 0 Å². The second-order valence-corrected chi connectivity index (χ2v) is 16.1. The first-order chi connectivity index (χ1) is 11.1. The van der Waals surface area contributed by atoms with Gasteiger partial charge < -0.3 is 0 Å². The molecule has 114 valence electrons. The third-order valence-electron chi connectivity index (χ3n) is 3.93. The summed E-state index contributed by atoms with van der Waals surface area (Å²) in [5, 5.41) is 0. The van der Waals surface area contributed by atoms with Crippen molar-refractivity contribution in [2.24, 2.45) is 0 Å². The minimum absolute atomic E-state index is 0.392. The number of sulfone groups is 1. The van der Waals surface area contributed by atoms with E-state index in [0.717, 1.165) is 17.7 Å². The molecule has 0 saturated heterocycles. The van der Waals surface area contributed by atoms with Crippen molar-refractivity contribution in [1.82, 2.24) is 0 Å². The number of hydrogen-bond donors (Lipinski definition) is 0. The predicted octanol–water partition coefficient (Wildman–Crippen LogP) is 2.84. The van der Waals surface area contributed by atoms with Crippen LogP contribution in [0.2, 0.25) is 0 Å². The van der Waals surface area contributed by atoms with Crippen molar-refractivity contribution < 1.29 is 8.42 Å². The Bertz CT molecular complexity index is 1000. The van der Waals surface area contributed by atoms with E-state index in [4.69, 9.17) is 8.51 Å². The summed E-state index contributed by atoms with van der Waals surface area (Å²) in [5.74, 6) is 0. The second-order valence-electron chi connectivity index (χ2n) is 5.30. The molecule has 1 aliphatic heterocycles. The molecule has 3 aromatic carbocycles. The summed E-state index contributed by atoms with van der Waals surface area (Å²) in [6, 6.07) is 22.7. The van der Waals surface area contributed by atoms with Gasteiger partial charge in [-0.2, -0.15) is 0 Å². The Labute approximate surface area is 146 Å². The standard InChI is InChI=1S/C18H12O2S.Bi.ClH/c19-21(20,17-9-5-2-6-10-17)18-13-11-16(12-14-18)15-7-3-1-4-8-15;;/h1-9,11-13H;;1H/q;+1;/p-1. The minimum atomic E-state index is -3.47. The number of halogens is 1. The molecule has 0 atom stereocenters. The normalized spacial score (nSPS) is 15.7. The van der Waals surface area contributed by atoms with Gasteiger partial charge in [-0.05, 0) is 0 Å². The van der Waals surface area contributed by atoms with Gasteiger partial charge in [0.05, 0.1) is 0 Å². The maximum atomic E-state index is 12.9. The van der Waals surface area contributed by atoms with E-state index in [1.54, 1.807) is 18.2 Å². The summed E-state index contributed by atoms with van der Waals surface area (Å²) >= 11 is -2.76. The van der Waals surface area contributed by atoms with Crippen molar-refractivity contribution >= 4 is 45.5 Å². The number of rotatable bonds is 1. The van der Waals surface area contributed by atoms with Crippen LogP contribution in [-0.4, -0.2) is 29.0 Å². The molecule has 1 aliphatic rings. The zero-order chi connectivity index (χ0) is 16.0. The quantitative estimate of drug-likeness (QED) is 0.449. The molecule has 1 heterocycles. The third kappa shape index (κ3) is 2.44. The molecule has 4 rings (SSSR count). The third-order valence-corrected chi connectivity index (χ3v) is 16.5. The Balaban J connectivity index is 1.96. The zero-order valence-corrected chi connectivity index (χ0v) is 17.0. The van der Waals surface area contributed by atoms with Crippen molar-refractivity contribution in [3.05, 3.63) is 72.8 Å². The first kappa shape index (κ1) is 15.3. The van der Waals surface area contributed by atoms with Crippen LogP contribution in [0.5, 0.6) is 0 Å². The van der Waals surface area contributed by atoms with Gasteiger partial charge in [-0.3, -0.25) is 0 Å². The van der Waals surface area contributed by atoms with Crippen LogP contribution < -0.4 is 6.54 Å². The van der Waals surface area contributed by atoms with E-state index in [1.165, 1.54) is 0 Å². The van der Waals surface area contributed by atoms with Gasteiger partial charge in [0, 0.05) is 0 Å². The van der Waals surface area contributed by atoms with E-state index in [9.17, 15) is 8.42 Å². The van der Waals surface area contributed by atoms with Crippen molar-refractivity contribution in [2.75, 3.05) is 0 Å². The van der Waals surface area contributed by atoms with Gasteiger partial charge in [0.1, 0.15) is 0 Å². The van der Waals surface area contributed by atoms with Crippen LogP contribution in [-0.2, 0) is 9.84 Å². The van der Waals surface area contributed by atoms with Crippen LogP contribution in [0.1, 0.15) is 0 Å². The fraction of sp³-hybridized carbons (Fsp3) is 0. The second kappa shape index (κ2) is 5.70. The molecule has 0 spiro atoms. The monoisotopic (exact) mass is 536 g/mol. The van der Waals surface area contributed by atoms with Crippen LogP contribution in [0.25, 0.3) is 11.1 Å². The SMILES string of the molecule is O=S1(=O)c2cccc[c]2[Bi]([Cl])[c]2cc(-c3ccccc3)ccc21. The van der Waals surface area contributed by atoms with E-state index in [-0.39, 0.29) is 0 Å². The van der Waals surface area contributed by atoms with Crippen LogP contribution in [0.3, 0.4) is 0 Å². The van der Waals surface area contributed by atoms with Crippen molar-refractivity contribution in [3.8, 4) is 11.1 Å². The van der Waals surface area contributed by atoms with Gasteiger partial charge in [0.25, 0.3) is 0 Å². The molecule has 0 unspecified atom stereocenters. The van der Waals surface area contributed by atoms with E-state index in [0.29, 0.717) is 9.79 Å². The van der Waals surface area contributed by atoms with Crippen molar-refractivity contribution in [3.63, 3.8) is 0 Å². The van der Waals surface area contributed by atoms with Gasteiger partial charge >= 0.3 is 148 Å². The Morgan fingerprint density at radius 2 is 1.35 bits per heavy atom. The van der Waals surface area contributed by atoms with Gasteiger partial charge in [-0.1, -0.05) is 0 Å². The van der Waals surface area contributed by atoms with Crippen molar-refractivity contribution in [2.45, 2.75) is 9.79 Å². The average molecular weight is 537 g/mol. The Hall–Kier alpha value is -1.22. The topological polar surface area (TPSA) is 34.1 Å². The molecule has 0 saturated carbocycles. The number of hydrogen-bond acceptors (Lipinski definition) is 2. The summed E-state index contributed by atoms with van der Waals surface area (Å²) in [6.45, 7) is 0. The predicted molar refractivity (Wildman–Crippen MR) is 94.6 cm³/mol. The van der Waals surface area contributed by atoms with Gasteiger partial charge in [-0.25, -0.2) is 0 Å². The van der Waals surface area contributed by atoms with Crippen LogP contribution in [0.4, 0.5) is 0 Å². The molecule has 0 amide bonds. The fourth-order valence-electron chi connectivity index (χ4n) is 2.80. The molecule has 2 nitrogen and oxygen atoms in total. The summed E-state index contributed by atoms with van der Waals surface area (Å²) in [4.78, 5) is 0.788. The molecule has 0 N–H and O–H groups in total. The van der Waals surface area contributed by atoms with E-state index in [1.807, 2.05) is 54.6 Å². The molecular weight excluding hydrogens is 525 g/mol. The average Bonchev–Trinajstić information content (AvgIpc) is 2.60.